The van der Waals surface area contributed by atoms with E-state index in [1.54, 1.807) is 17.4 Å². The Labute approximate surface area is 134 Å². The molecule has 0 saturated carbocycles. The van der Waals surface area contributed by atoms with E-state index in [0.717, 1.165) is 12.2 Å². The maximum absolute atomic E-state index is 5.82. The molecule has 9 heteroatoms. The zero-order chi connectivity index (χ0) is 15.7. The number of rotatable bonds is 10. The van der Waals surface area contributed by atoms with Gasteiger partial charge in [-0.3, -0.25) is 0 Å². The van der Waals surface area contributed by atoms with Crippen molar-refractivity contribution in [1.29, 1.82) is 0 Å². The molecule has 0 fully saturated rings. The van der Waals surface area contributed by atoms with Crippen LogP contribution >= 0.6 is 17.1 Å². The van der Waals surface area contributed by atoms with Gasteiger partial charge in [-0.05, 0) is 25.2 Å². The van der Waals surface area contributed by atoms with Crippen LogP contribution in [0.5, 0.6) is 11.9 Å². The normalized spacial score (nSPS) is 13.7. The largest absolute Gasteiger partial charge is 0.481 e. The molecule has 0 bridgehead atoms. The molecule has 0 N–H and O–H groups in total. The molecule has 1 atom stereocenters. The molecule has 1 heterocycles. The van der Waals surface area contributed by atoms with E-state index >= 15 is 0 Å². The monoisotopic (exact) mass is 352 g/mol. The van der Waals surface area contributed by atoms with Gasteiger partial charge in [-0.25, -0.2) is 0 Å². The number of nitrogens with zero attached hydrogens (tertiary/aromatic N) is 2. The van der Waals surface area contributed by atoms with Crippen LogP contribution in [-0.2, 0) is 27.5 Å². The molecule has 0 spiro atoms. The topological polar surface area (TPSA) is 62.7 Å². The summed E-state index contributed by atoms with van der Waals surface area (Å²) in [5.41, 5.74) is -1.70. The number of methoxy groups -OCH3 is 2. The fourth-order valence-electron chi connectivity index (χ4n) is 1.34. The number of hydrogen-bond donors (Lipinski definition) is 0. The van der Waals surface area contributed by atoms with Gasteiger partial charge in [0.2, 0.25) is 11.6 Å². The Morgan fingerprint density at radius 3 is 2.52 bits per heavy atom. The zero-order valence-electron chi connectivity index (χ0n) is 12.7. The first kappa shape index (κ1) is 18.6. The second-order valence-electron chi connectivity index (χ2n) is 3.86. The average Bonchev–Trinajstić information content (AvgIpc) is 2.51. The van der Waals surface area contributed by atoms with Crippen LogP contribution in [0.3, 0.4) is 0 Å². The van der Waals surface area contributed by atoms with Gasteiger partial charge >= 0.3 is 6.01 Å². The SMILES string of the molecule is CCCS[P@@](=S)(OCC)OCc1cc(OC)nc(OC)n1. The van der Waals surface area contributed by atoms with E-state index in [1.165, 1.54) is 14.2 Å². The van der Waals surface area contributed by atoms with E-state index < -0.39 is 5.69 Å². The second kappa shape index (κ2) is 9.58. The minimum absolute atomic E-state index is 0.235. The second-order valence-corrected chi connectivity index (χ2v) is 10.3. The Hall–Kier alpha value is -0.400. The third kappa shape index (κ3) is 6.48. The molecule has 0 aromatic carbocycles. The van der Waals surface area contributed by atoms with Crippen LogP contribution in [0.4, 0.5) is 0 Å². The molecule has 0 radical (unpaired) electrons. The Morgan fingerprint density at radius 1 is 1.19 bits per heavy atom. The van der Waals surface area contributed by atoms with Crippen molar-refractivity contribution in [2.75, 3.05) is 26.6 Å². The first-order valence-electron chi connectivity index (χ1n) is 6.56. The van der Waals surface area contributed by atoms with Gasteiger partial charge < -0.3 is 18.5 Å². The first-order valence-corrected chi connectivity index (χ1v) is 10.8. The standard InChI is InChI=1S/C12H21N2O4PS2/c1-5-7-21-19(20,17-6-2)18-9-10-8-11(15-3)14-12(13-10)16-4/h8H,5-7,9H2,1-4H3/t19-/m0/s1. The van der Waals surface area contributed by atoms with Crippen LogP contribution in [-0.4, -0.2) is 36.5 Å². The molecular weight excluding hydrogens is 331 g/mol. The lowest BCUT2D eigenvalue weighted by Crippen LogP contribution is -2.01. The lowest BCUT2D eigenvalue weighted by molar-refractivity contribution is 0.256. The van der Waals surface area contributed by atoms with Crippen molar-refractivity contribution in [3.05, 3.63) is 11.8 Å². The van der Waals surface area contributed by atoms with Gasteiger partial charge in [0.15, 0.2) is 0 Å². The van der Waals surface area contributed by atoms with Crippen molar-refractivity contribution in [3.63, 3.8) is 0 Å². The maximum atomic E-state index is 5.82. The smallest absolute Gasteiger partial charge is 0.319 e. The van der Waals surface area contributed by atoms with Crippen LogP contribution in [0.25, 0.3) is 0 Å². The van der Waals surface area contributed by atoms with Crippen molar-refractivity contribution in [2.24, 2.45) is 0 Å². The summed E-state index contributed by atoms with van der Waals surface area (Å²) in [6.07, 6.45) is 1.02. The van der Waals surface area contributed by atoms with Crippen molar-refractivity contribution < 1.29 is 18.5 Å². The molecule has 0 amide bonds. The van der Waals surface area contributed by atoms with E-state index in [-0.39, 0.29) is 12.6 Å². The summed E-state index contributed by atoms with van der Waals surface area (Å²) in [4.78, 5) is 8.25. The third-order valence-electron chi connectivity index (χ3n) is 2.24. The molecule has 1 aromatic heterocycles. The van der Waals surface area contributed by atoms with Crippen LogP contribution in [0.1, 0.15) is 26.0 Å². The van der Waals surface area contributed by atoms with E-state index in [0.29, 0.717) is 18.2 Å². The average molecular weight is 352 g/mol. The predicted octanol–water partition coefficient (Wildman–Crippen LogP) is 3.41. The van der Waals surface area contributed by atoms with Gasteiger partial charge in [0.25, 0.3) is 0 Å². The first-order chi connectivity index (χ1) is 10.1. The summed E-state index contributed by atoms with van der Waals surface area (Å²) in [6.45, 7) is 4.78. The highest BCUT2D eigenvalue weighted by Gasteiger charge is 2.20. The van der Waals surface area contributed by atoms with Crippen LogP contribution in [0.2, 0.25) is 0 Å². The molecule has 0 unspecified atom stereocenters. The van der Waals surface area contributed by atoms with Crippen LogP contribution < -0.4 is 9.47 Å². The molecule has 0 aliphatic carbocycles. The van der Waals surface area contributed by atoms with Gasteiger partial charge in [-0.1, -0.05) is 18.3 Å². The molecule has 0 saturated heterocycles. The summed E-state index contributed by atoms with van der Waals surface area (Å²) in [5, 5.41) is 0. The minimum Gasteiger partial charge on any atom is -0.481 e. The Morgan fingerprint density at radius 2 is 1.95 bits per heavy atom. The fourth-order valence-corrected chi connectivity index (χ4v) is 5.86. The summed E-state index contributed by atoms with van der Waals surface area (Å²) in [6, 6.07) is 1.93. The predicted molar refractivity (Wildman–Crippen MR) is 88.6 cm³/mol. The van der Waals surface area contributed by atoms with Crippen molar-refractivity contribution in [3.8, 4) is 11.9 Å². The maximum Gasteiger partial charge on any atom is 0.319 e. The number of ether oxygens (including phenoxy) is 2. The summed E-state index contributed by atoms with van der Waals surface area (Å²) in [7, 11) is 3.04. The Bertz CT molecular complexity index is 468. The lowest BCUT2D eigenvalue weighted by atomic mass is 10.4. The van der Waals surface area contributed by atoms with Crippen molar-refractivity contribution in [1.82, 2.24) is 9.97 Å². The summed E-state index contributed by atoms with van der Waals surface area (Å²) < 4.78 is 21.6. The van der Waals surface area contributed by atoms with Crippen LogP contribution in [0, 0.1) is 0 Å². The Kier molecular flexibility index (Phi) is 8.51. The quantitative estimate of drug-likeness (QED) is 0.594. The van der Waals surface area contributed by atoms with E-state index in [1.807, 2.05) is 6.92 Å². The molecule has 21 heavy (non-hydrogen) atoms. The Balaban J connectivity index is 2.77. The van der Waals surface area contributed by atoms with Gasteiger partial charge in [-0.2, -0.15) is 9.97 Å². The molecule has 0 aliphatic heterocycles. The third-order valence-corrected chi connectivity index (χ3v) is 7.87. The van der Waals surface area contributed by atoms with Gasteiger partial charge in [0.1, 0.15) is 0 Å². The van der Waals surface area contributed by atoms with Gasteiger partial charge in [0.05, 0.1) is 33.1 Å². The summed E-state index contributed by atoms with van der Waals surface area (Å²) in [5.74, 6) is 1.33. The van der Waals surface area contributed by atoms with Gasteiger partial charge in [-0.15, -0.1) is 0 Å². The van der Waals surface area contributed by atoms with E-state index in [2.05, 4.69) is 16.9 Å². The van der Waals surface area contributed by atoms with Crippen LogP contribution in [0.15, 0.2) is 6.07 Å². The zero-order valence-corrected chi connectivity index (χ0v) is 15.2. The van der Waals surface area contributed by atoms with Gasteiger partial charge in [0, 0.05) is 11.8 Å². The summed E-state index contributed by atoms with van der Waals surface area (Å²) >= 11 is 7.07. The molecule has 120 valence electrons. The van der Waals surface area contributed by atoms with E-state index in [4.69, 9.17) is 30.3 Å². The number of aromatic nitrogens is 2. The lowest BCUT2D eigenvalue weighted by Gasteiger charge is -2.20. The highest BCUT2D eigenvalue weighted by Crippen LogP contribution is 2.61. The number of hydrogen-bond acceptors (Lipinski definition) is 8. The van der Waals surface area contributed by atoms with Crippen molar-refractivity contribution in [2.45, 2.75) is 26.9 Å². The molecule has 6 nitrogen and oxygen atoms in total. The molecular formula is C12H21N2O4PS2. The van der Waals surface area contributed by atoms with Crippen molar-refractivity contribution >= 4 is 28.9 Å². The molecule has 1 rings (SSSR count). The van der Waals surface area contributed by atoms with E-state index in [9.17, 15) is 0 Å². The molecule has 1 aromatic rings. The molecule has 0 aliphatic rings. The fraction of sp³-hybridized carbons (Fsp3) is 0.667. The minimum atomic E-state index is -2.34. The highest BCUT2D eigenvalue weighted by atomic mass is 32.9. The highest BCUT2D eigenvalue weighted by molar-refractivity contribution is 8.67.